The van der Waals surface area contributed by atoms with E-state index in [-0.39, 0.29) is 0 Å². The molecule has 2 heterocycles. The highest BCUT2D eigenvalue weighted by Gasteiger charge is 2.69. The van der Waals surface area contributed by atoms with Gasteiger partial charge in [0.1, 0.15) is 12.2 Å². The SMILES string of the molecule is C1=CC2C1C1OC1C1OC21. The fraction of sp³-hybridized carbons (Fsp3) is 0.750. The lowest BCUT2D eigenvalue weighted by Gasteiger charge is -2.28. The van der Waals surface area contributed by atoms with Crippen LogP contribution in [0.3, 0.4) is 0 Å². The number of hydrogen-bond donors (Lipinski definition) is 0. The third-order valence-corrected chi connectivity index (χ3v) is 3.21. The van der Waals surface area contributed by atoms with Crippen molar-refractivity contribution >= 4 is 0 Å². The van der Waals surface area contributed by atoms with Gasteiger partial charge in [-0.25, -0.2) is 0 Å². The first kappa shape index (κ1) is 4.52. The first-order valence-electron chi connectivity index (χ1n) is 3.94. The molecule has 6 unspecified atom stereocenters. The summed E-state index contributed by atoms with van der Waals surface area (Å²) in [5, 5.41) is 0. The van der Waals surface area contributed by atoms with Gasteiger partial charge in [-0.05, 0) is 0 Å². The highest BCUT2D eigenvalue weighted by atomic mass is 16.7. The molecule has 4 aliphatic rings. The van der Waals surface area contributed by atoms with Crippen molar-refractivity contribution < 1.29 is 9.47 Å². The van der Waals surface area contributed by atoms with E-state index < -0.39 is 0 Å². The molecule has 3 fully saturated rings. The van der Waals surface area contributed by atoms with Gasteiger partial charge in [0, 0.05) is 11.8 Å². The normalized spacial score (nSPS) is 72.8. The first-order chi connectivity index (χ1) is 4.95. The van der Waals surface area contributed by atoms with Crippen LogP contribution in [0.1, 0.15) is 0 Å². The Morgan fingerprint density at radius 1 is 0.700 bits per heavy atom. The van der Waals surface area contributed by atoms with Crippen LogP contribution in [0.25, 0.3) is 0 Å². The molecule has 0 spiro atoms. The Hall–Kier alpha value is -0.340. The molecule has 52 valence electrons. The fourth-order valence-corrected chi connectivity index (χ4v) is 2.45. The van der Waals surface area contributed by atoms with Crippen molar-refractivity contribution in [2.24, 2.45) is 11.8 Å². The summed E-state index contributed by atoms with van der Waals surface area (Å²) in [6.45, 7) is 0. The summed E-state index contributed by atoms with van der Waals surface area (Å²) in [5.41, 5.74) is 0. The number of hydrogen-bond acceptors (Lipinski definition) is 2. The zero-order valence-electron chi connectivity index (χ0n) is 5.44. The molecule has 2 nitrogen and oxygen atoms in total. The lowest BCUT2D eigenvalue weighted by atomic mass is 9.72. The Labute approximate surface area is 58.8 Å². The summed E-state index contributed by atoms with van der Waals surface area (Å²) in [6, 6.07) is 0. The van der Waals surface area contributed by atoms with Crippen LogP contribution in [0.15, 0.2) is 12.2 Å². The van der Waals surface area contributed by atoms with Gasteiger partial charge >= 0.3 is 0 Å². The van der Waals surface area contributed by atoms with Crippen molar-refractivity contribution in [1.29, 1.82) is 0 Å². The molecule has 4 rings (SSSR count). The second-order valence-electron chi connectivity index (χ2n) is 3.67. The highest BCUT2D eigenvalue weighted by molar-refractivity contribution is 5.28. The summed E-state index contributed by atoms with van der Waals surface area (Å²) in [5.74, 6) is 1.43. The van der Waals surface area contributed by atoms with Gasteiger partial charge in [0.05, 0.1) is 12.2 Å². The number of fused-ring (bicyclic) bond motifs is 6. The van der Waals surface area contributed by atoms with Gasteiger partial charge in [-0.2, -0.15) is 0 Å². The van der Waals surface area contributed by atoms with Gasteiger partial charge in [-0.1, -0.05) is 12.2 Å². The zero-order valence-corrected chi connectivity index (χ0v) is 5.44. The van der Waals surface area contributed by atoms with E-state index in [1.165, 1.54) is 0 Å². The fourth-order valence-electron chi connectivity index (χ4n) is 2.45. The van der Waals surface area contributed by atoms with Crippen LogP contribution in [-0.4, -0.2) is 24.4 Å². The molecule has 6 atom stereocenters. The molecular formula is C8H8O2. The molecule has 1 saturated carbocycles. The van der Waals surface area contributed by atoms with Gasteiger partial charge < -0.3 is 9.47 Å². The first-order valence-corrected chi connectivity index (χ1v) is 3.94. The molecule has 2 aliphatic heterocycles. The Kier molecular flexibility index (Phi) is 0.490. The van der Waals surface area contributed by atoms with Crippen LogP contribution in [0, 0.1) is 11.8 Å². The van der Waals surface area contributed by atoms with E-state index in [0.29, 0.717) is 36.3 Å². The Bertz CT molecular complexity index is 211. The van der Waals surface area contributed by atoms with Crippen LogP contribution in [-0.2, 0) is 9.47 Å². The van der Waals surface area contributed by atoms with Gasteiger partial charge in [0.15, 0.2) is 0 Å². The van der Waals surface area contributed by atoms with Crippen molar-refractivity contribution in [3.63, 3.8) is 0 Å². The Morgan fingerprint density at radius 3 is 1.60 bits per heavy atom. The monoisotopic (exact) mass is 136 g/mol. The summed E-state index contributed by atoms with van der Waals surface area (Å²) in [6.07, 6.45) is 6.59. The van der Waals surface area contributed by atoms with E-state index in [1.807, 2.05) is 0 Å². The zero-order chi connectivity index (χ0) is 6.29. The molecule has 0 aromatic carbocycles. The third-order valence-electron chi connectivity index (χ3n) is 3.21. The van der Waals surface area contributed by atoms with Crippen LogP contribution < -0.4 is 0 Å². The average Bonchev–Trinajstić information content (AvgIpc) is 2.52. The molecule has 0 N–H and O–H groups in total. The van der Waals surface area contributed by atoms with Crippen molar-refractivity contribution in [2.45, 2.75) is 24.4 Å². The van der Waals surface area contributed by atoms with Gasteiger partial charge in [-0.3, -0.25) is 0 Å². The van der Waals surface area contributed by atoms with Crippen molar-refractivity contribution in [3.8, 4) is 0 Å². The molecule has 10 heavy (non-hydrogen) atoms. The molecule has 0 bridgehead atoms. The van der Waals surface area contributed by atoms with Crippen molar-refractivity contribution in [1.82, 2.24) is 0 Å². The minimum Gasteiger partial charge on any atom is -0.366 e. The minimum atomic E-state index is 0.483. The van der Waals surface area contributed by atoms with Gasteiger partial charge in [0.25, 0.3) is 0 Å². The van der Waals surface area contributed by atoms with Crippen LogP contribution >= 0.6 is 0 Å². The second-order valence-corrected chi connectivity index (χ2v) is 3.67. The van der Waals surface area contributed by atoms with E-state index >= 15 is 0 Å². The largest absolute Gasteiger partial charge is 0.366 e. The van der Waals surface area contributed by atoms with Crippen LogP contribution in [0.2, 0.25) is 0 Å². The Balaban J connectivity index is 1.83. The minimum absolute atomic E-state index is 0.483. The van der Waals surface area contributed by atoms with Gasteiger partial charge in [-0.15, -0.1) is 0 Å². The molecule has 2 aliphatic carbocycles. The van der Waals surface area contributed by atoms with E-state index in [0.717, 1.165) is 0 Å². The van der Waals surface area contributed by atoms with Crippen molar-refractivity contribution in [3.05, 3.63) is 12.2 Å². The molecule has 0 aromatic heterocycles. The van der Waals surface area contributed by atoms with Crippen LogP contribution in [0.5, 0.6) is 0 Å². The second kappa shape index (κ2) is 1.08. The maximum Gasteiger partial charge on any atom is 0.113 e. The smallest absolute Gasteiger partial charge is 0.113 e. The average molecular weight is 136 g/mol. The quantitative estimate of drug-likeness (QED) is 0.354. The predicted octanol–water partition coefficient (Wildman–Crippen LogP) is 0.337. The molecule has 0 radical (unpaired) electrons. The molecule has 0 aromatic rings. The van der Waals surface area contributed by atoms with Crippen molar-refractivity contribution in [2.75, 3.05) is 0 Å². The van der Waals surface area contributed by atoms with E-state index in [2.05, 4.69) is 12.2 Å². The highest BCUT2D eigenvalue weighted by Crippen LogP contribution is 2.57. The maximum atomic E-state index is 5.49. The summed E-state index contributed by atoms with van der Waals surface area (Å²) in [7, 11) is 0. The molecular weight excluding hydrogens is 128 g/mol. The van der Waals surface area contributed by atoms with E-state index in [9.17, 15) is 0 Å². The Morgan fingerprint density at radius 2 is 1.20 bits per heavy atom. The predicted molar refractivity (Wildman–Crippen MR) is 33.4 cm³/mol. The van der Waals surface area contributed by atoms with Gasteiger partial charge in [0.2, 0.25) is 0 Å². The lowest BCUT2D eigenvalue weighted by molar-refractivity contribution is 0.233. The number of epoxide rings is 2. The topological polar surface area (TPSA) is 25.1 Å². The van der Waals surface area contributed by atoms with E-state index in [1.54, 1.807) is 0 Å². The molecule has 2 saturated heterocycles. The lowest BCUT2D eigenvalue weighted by Crippen LogP contribution is -2.35. The van der Waals surface area contributed by atoms with Crippen LogP contribution in [0.4, 0.5) is 0 Å². The standard InChI is InChI=1S/C8H8O2/c1-2-4-3(1)5-7(9-5)8-6(4)10-8/h1-8H. The maximum absolute atomic E-state index is 5.49. The summed E-state index contributed by atoms with van der Waals surface area (Å²) < 4.78 is 11.0. The van der Waals surface area contributed by atoms with E-state index in [4.69, 9.17) is 9.47 Å². The number of ether oxygens (including phenoxy) is 2. The summed E-state index contributed by atoms with van der Waals surface area (Å²) in [4.78, 5) is 0. The number of rotatable bonds is 0. The summed E-state index contributed by atoms with van der Waals surface area (Å²) >= 11 is 0. The molecule has 0 amide bonds. The third kappa shape index (κ3) is 0.319. The molecule has 2 heteroatoms.